The van der Waals surface area contributed by atoms with Crippen molar-refractivity contribution >= 4 is 34.1 Å². The average Bonchev–Trinajstić information content (AvgIpc) is 2.79. The molecule has 3 aromatic rings. The Hall–Kier alpha value is -2.59. The fourth-order valence-corrected chi connectivity index (χ4v) is 5.73. The number of amides is 1. The van der Waals surface area contributed by atoms with E-state index in [0.717, 1.165) is 55.5 Å². The number of pyridine rings is 1. The monoisotopic (exact) mass is 434 g/mol. The molecule has 0 radical (unpaired) electrons. The van der Waals surface area contributed by atoms with Crippen LogP contribution in [0.4, 0.5) is 5.69 Å². The lowest BCUT2D eigenvalue weighted by atomic mass is 9.52. The van der Waals surface area contributed by atoms with Crippen molar-refractivity contribution in [2.24, 2.45) is 11.3 Å². The van der Waals surface area contributed by atoms with Crippen molar-refractivity contribution in [3.8, 4) is 5.75 Å². The number of halogens is 1. The number of nitrogens with one attached hydrogen (secondary N) is 1. The summed E-state index contributed by atoms with van der Waals surface area (Å²) in [6, 6.07) is 15.6. The Bertz CT molecular complexity index is 1100. The average molecular weight is 435 g/mol. The van der Waals surface area contributed by atoms with Gasteiger partial charge in [-0.1, -0.05) is 11.6 Å². The van der Waals surface area contributed by atoms with Gasteiger partial charge in [0.05, 0.1) is 12.6 Å². The van der Waals surface area contributed by atoms with Crippen LogP contribution in [0.3, 0.4) is 0 Å². The highest BCUT2D eigenvalue weighted by Gasteiger charge is 2.51. The van der Waals surface area contributed by atoms with Crippen molar-refractivity contribution < 1.29 is 9.53 Å². The minimum atomic E-state index is 0.110. The molecule has 31 heavy (non-hydrogen) atoms. The summed E-state index contributed by atoms with van der Waals surface area (Å²) in [5, 5.41) is 4.97. The minimum absolute atomic E-state index is 0.110. The van der Waals surface area contributed by atoms with Gasteiger partial charge in [0.2, 0.25) is 5.91 Å². The van der Waals surface area contributed by atoms with Crippen LogP contribution >= 0.6 is 11.6 Å². The fourth-order valence-electron chi connectivity index (χ4n) is 5.60. The van der Waals surface area contributed by atoms with Crippen LogP contribution in [0.2, 0.25) is 5.02 Å². The van der Waals surface area contributed by atoms with Gasteiger partial charge in [0, 0.05) is 28.2 Å². The number of carbonyl (C=O) groups is 1. The molecule has 1 amide bonds. The van der Waals surface area contributed by atoms with Gasteiger partial charge in [-0.15, -0.1) is 0 Å². The van der Waals surface area contributed by atoms with Gasteiger partial charge in [0.1, 0.15) is 5.75 Å². The molecule has 2 aliphatic rings. The van der Waals surface area contributed by atoms with Crippen LogP contribution in [0.1, 0.15) is 50.0 Å². The molecule has 0 bridgehead atoms. The maximum atomic E-state index is 13.0. The molecule has 0 aliphatic heterocycles. The summed E-state index contributed by atoms with van der Waals surface area (Å²) >= 11 is 5.96. The topological polar surface area (TPSA) is 51.2 Å². The van der Waals surface area contributed by atoms with Gasteiger partial charge in [-0.05, 0) is 104 Å². The quantitative estimate of drug-likeness (QED) is 0.503. The number of anilines is 1. The molecule has 1 N–H and O–H groups in total. The van der Waals surface area contributed by atoms with Crippen molar-refractivity contribution in [2.75, 3.05) is 12.4 Å². The summed E-state index contributed by atoms with van der Waals surface area (Å²) in [6.07, 6.45) is 8.49. The predicted octanol–water partition coefficient (Wildman–Crippen LogP) is 6.59. The smallest absolute Gasteiger partial charge is 0.228 e. The van der Waals surface area contributed by atoms with Gasteiger partial charge in [-0.25, -0.2) is 0 Å². The standard InChI is InChI=1S/C26H27ClN2O2/c1-31-20-6-7-24-22(16-20)21(11-15-28-24)17-8-12-26(13-9-17)14-10-23(26)25(30)29-19-4-2-18(27)3-5-19/h2-7,11,15-17,23H,8-10,12-14H2,1H3,(H,29,30)/t17-,23-,26+/m1/s1. The van der Waals surface area contributed by atoms with E-state index in [4.69, 9.17) is 16.3 Å². The molecule has 5 rings (SSSR count). The van der Waals surface area contributed by atoms with E-state index in [1.54, 1.807) is 7.11 Å². The molecule has 2 aromatic carbocycles. The second-order valence-corrected chi connectivity index (χ2v) is 9.44. The largest absolute Gasteiger partial charge is 0.497 e. The van der Waals surface area contributed by atoms with Crippen molar-refractivity contribution in [1.82, 2.24) is 4.98 Å². The van der Waals surface area contributed by atoms with E-state index >= 15 is 0 Å². The number of fused-ring (bicyclic) bond motifs is 1. The molecule has 2 fully saturated rings. The number of aromatic nitrogens is 1. The minimum Gasteiger partial charge on any atom is -0.497 e. The number of nitrogens with zero attached hydrogens (tertiary/aromatic N) is 1. The molecule has 2 aliphatic carbocycles. The van der Waals surface area contributed by atoms with Crippen LogP contribution in [0.25, 0.3) is 10.9 Å². The molecular formula is C26H27ClN2O2. The van der Waals surface area contributed by atoms with Gasteiger partial charge in [0.25, 0.3) is 0 Å². The van der Waals surface area contributed by atoms with Gasteiger partial charge >= 0.3 is 0 Å². The summed E-state index contributed by atoms with van der Waals surface area (Å²) in [6.45, 7) is 0. The van der Waals surface area contributed by atoms with Crippen molar-refractivity contribution in [1.29, 1.82) is 0 Å². The first-order valence-corrected chi connectivity index (χ1v) is 11.4. The summed E-state index contributed by atoms with van der Waals surface area (Å²) in [4.78, 5) is 17.5. The molecule has 2 saturated carbocycles. The molecule has 1 atom stereocenters. The lowest BCUT2D eigenvalue weighted by Crippen LogP contribution is -2.48. The Kier molecular flexibility index (Phi) is 5.35. The first-order valence-electron chi connectivity index (χ1n) is 11.1. The lowest BCUT2D eigenvalue weighted by molar-refractivity contribution is -0.133. The third kappa shape index (κ3) is 3.78. The molecule has 4 nitrogen and oxygen atoms in total. The van der Waals surface area contributed by atoms with Gasteiger partial charge < -0.3 is 10.1 Å². The third-order valence-electron chi connectivity index (χ3n) is 7.50. The van der Waals surface area contributed by atoms with Crippen LogP contribution < -0.4 is 10.1 Å². The highest BCUT2D eigenvalue weighted by atomic mass is 35.5. The number of carbonyl (C=O) groups excluding carboxylic acids is 1. The van der Waals surface area contributed by atoms with Crippen molar-refractivity contribution in [2.45, 2.75) is 44.4 Å². The Morgan fingerprint density at radius 3 is 2.48 bits per heavy atom. The highest BCUT2D eigenvalue weighted by Crippen LogP contribution is 2.58. The molecule has 160 valence electrons. The number of hydrogen-bond acceptors (Lipinski definition) is 3. The van der Waals surface area contributed by atoms with Gasteiger partial charge in [-0.2, -0.15) is 0 Å². The van der Waals surface area contributed by atoms with Crippen molar-refractivity contribution in [3.63, 3.8) is 0 Å². The van der Waals surface area contributed by atoms with Gasteiger partial charge in [0.15, 0.2) is 0 Å². The van der Waals surface area contributed by atoms with E-state index in [9.17, 15) is 4.79 Å². The van der Waals surface area contributed by atoms with E-state index in [1.807, 2.05) is 42.6 Å². The molecular weight excluding hydrogens is 408 g/mol. The summed E-state index contributed by atoms with van der Waals surface area (Å²) < 4.78 is 5.44. The Morgan fingerprint density at radius 2 is 1.81 bits per heavy atom. The zero-order chi connectivity index (χ0) is 21.4. The number of benzene rings is 2. The number of hydrogen-bond donors (Lipinski definition) is 1. The summed E-state index contributed by atoms with van der Waals surface area (Å²) in [5.41, 5.74) is 3.36. The van der Waals surface area contributed by atoms with E-state index < -0.39 is 0 Å². The SMILES string of the molecule is COc1ccc2nccc([C@H]3CC[C@]4(CC[C@@H]4C(=O)Nc4ccc(Cl)cc4)CC3)c2c1. The van der Waals surface area contributed by atoms with Crippen LogP contribution in [0, 0.1) is 11.3 Å². The highest BCUT2D eigenvalue weighted by molar-refractivity contribution is 6.30. The van der Waals surface area contributed by atoms with Crippen LogP contribution in [0.5, 0.6) is 5.75 Å². The second kappa shape index (κ2) is 8.16. The second-order valence-electron chi connectivity index (χ2n) is 9.01. The van der Waals surface area contributed by atoms with Crippen LogP contribution in [-0.4, -0.2) is 18.0 Å². The van der Waals surface area contributed by atoms with Gasteiger partial charge in [-0.3, -0.25) is 9.78 Å². The Balaban J connectivity index is 1.29. The van der Waals surface area contributed by atoms with Crippen LogP contribution in [0.15, 0.2) is 54.7 Å². The summed E-state index contributed by atoms with van der Waals surface area (Å²) in [5.74, 6) is 1.64. The normalized spacial score (nSPS) is 25.2. The van der Waals surface area contributed by atoms with Crippen LogP contribution in [-0.2, 0) is 4.79 Å². The van der Waals surface area contributed by atoms with E-state index in [1.165, 1.54) is 10.9 Å². The zero-order valence-electron chi connectivity index (χ0n) is 17.7. The van der Waals surface area contributed by atoms with E-state index in [2.05, 4.69) is 22.4 Å². The maximum Gasteiger partial charge on any atom is 0.228 e. The molecule has 1 heterocycles. The molecule has 0 saturated heterocycles. The first kappa shape index (κ1) is 20.3. The molecule has 1 spiro atoms. The Labute approximate surface area is 188 Å². The molecule has 5 heteroatoms. The number of methoxy groups -OCH3 is 1. The zero-order valence-corrected chi connectivity index (χ0v) is 18.5. The maximum absolute atomic E-state index is 13.0. The van der Waals surface area contributed by atoms with E-state index in [-0.39, 0.29) is 17.2 Å². The Morgan fingerprint density at radius 1 is 1.06 bits per heavy atom. The lowest BCUT2D eigenvalue weighted by Gasteiger charge is -2.52. The number of ether oxygens (including phenoxy) is 1. The van der Waals surface area contributed by atoms with E-state index in [0.29, 0.717) is 10.9 Å². The predicted molar refractivity (Wildman–Crippen MR) is 125 cm³/mol. The third-order valence-corrected chi connectivity index (χ3v) is 7.75. The fraction of sp³-hybridized carbons (Fsp3) is 0.385. The first-order chi connectivity index (χ1) is 15.1. The molecule has 0 unspecified atom stereocenters. The van der Waals surface area contributed by atoms with Crippen molar-refractivity contribution in [3.05, 3.63) is 65.3 Å². The summed E-state index contributed by atoms with van der Waals surface area (Å²) in [7, 11) is 1.70. The molecule has 1 aromatic heterocycles. The number of rotatable bonds is 4.